The summed E-state index contributed by atoms with van der Waals surface area (Å²) in [5, 5.41) is 8.63. The van der Waals surface area contributed by atoms with Gasteiger partial charge in [0, 0.05) is 67.6 Å². The maximum absolute atomic E-state index is 5.62. The van der Waals surface area contributed by atoms with Crippen LogP contribution < -0.4 is 0 Å². The Labute approximate surface area is 518 Å². The normalized spacial score (nSPS) is 11.6. The fourth-order valence-electron chi connectivity index (χ4n) is 12.9. The average molecular weight is 1150 g/mol. The topological polar surface area (TPSA) is 103 Å². The first-order valence-corrected chi connectivity index (χ1v) is 30.1. The van der Waals surface area contributed by atoms with Crippen molar-refractivity contribution in [2.45, 2.75) is 0 Å². The number of pyridine rings is 8. The Balaban J connectivity index is 0.797. The van der Waals surface area contributed by atoms with Crippen LogP contribution in [0.2, 0.25) is 0 Å². The van der Waals surface area contributed by atoms with Gasteiger partial charge in [-0.05, 0) is 140 Å². The van der Waals surface area contributed by atoms with Crippen molar-refractivity contribution in [1.82, 2.24) is 39.9 Å². The largest absolute Gasteiger partial charge is 0.255 e. The third kappa shape index (κ3) is 9.35. The second kappa shape index (κ2) is 21.9. The Morgan fingerprint density at radius 1 is 0.189 bits per heavy atom. The average Bonchev–Trinajstić information content (AvgIpc) is 1.40. The second-order valence-electron chi connectivity index (χ2n) is 22.6. The fourth-order valence-corrected chi connectivity index (χ4v) is 12.9. The lowest BCUT2D eigenvalue weighted by Gasteiger charge is -2.16. The van der Waals surface area contributed by atoms with Crippen LogP contribution in [0.25, 0.3) is 178 Å². The monoisotopic (exact) mass is 1150 g/mol. The summed E-state index contributed by atoms with van der Waals surface area (Å²) in [5.74, 6) is 0. The van der Waals surface area contributed by atoms with E-state index in [1.54, 1.807) is 12.4 Å². The SMILES string of the molecule is c1ccc(-c2ccc(-c3c4ccc(-c5cc(-c6ccccn6)nc(-c6cccc(-c7cccc8c7ccc7c(-c9ccccc9)c9ccc(-c%10cc(-c%11ccccn%11)nc(-c%11ccccn%11)c%10)cc9nc78)n6)c5)cc4nc4c3ccc3ccccc34)cc2)cc1. The van der Waals surface area contributed by atoms with Crippen molar-refractivity contribution in [2.24, 2.45) is 0 Å². The van der Waals surface area contributed by atoms with Gasteiger partial charge in [-0.2, -0.15) is 0 Å². The van der Waals surface area contributed by atoms with Gasteiger partial charge in [-0.3, -0.25) is 15.0 Å². The Morgan fingerprint density at radius 3 is 1.17 bits per heavy atom. The molecular formula is C82H50N8. The first kappa shape index (κ1) is 52.1. The van der Waals surface area contributed by atoms with Crippen molar-refractivity contribution < 1.29 is 0 Å². The molecule has 17 rings (SSSR count). The van der Waals surface area contributed by atoms with Crippen LogP contribution >= 0.6 is 0 Å². The summed E-state index contributed by atoms with van der Waals surface area (Å²) in [5.41, 5.74) is 22.4. The molecule has 0 spiro atoms. The van der Waals surface area contributed by atoms with Gasteiger partial charge < -0.3 is 0 Å². The minimum absolute atomic E-state index is 0.724. The molecule has 8 heteroatoms. The first-order valence-electron chi connectivity index (χ1n) is 30.1. The van der Waals surface area contributed by atoms with Gasteiger partial charge in [0.05, 0.1) is 73.3 Å². The van der Waals surface area contributed by atoms with E-state index in [2.05, 4.69) is 234 Å². The summed E-state index contributed by atoms with van der Waals surface area (Å²) in [6.07, 6.45) is 5.41. The number of fused-ring (bicyclic) bond motifs is 8. The van der Waals surface area contributed by atoms with Gasteiger partial charge in [-0.15, -0.1) is 0 Å². The highest BCUT2D eigenvalue weighted by atomic mass is 14.8. The van der Waals surface area contributed by atoms with E-state index < -0.39 is 0 Å². The molecule has 0 unspecified atom stereocenters. The van der Waals surface area contributed by atoms with Crippen molar-refractivity contribution in [3.05, 3.63) is 304 Å². The first-order chi connectivity index (χ1) is 44.6. The van der Waals surface area contributed by atoms with Crippen LogP contribution in [0.5, 0.6) is 0 Å². The van der Waals surface area contributed by atoms with E-state index in [1.165, 1.54) is 11.1 Å². The zero-order valence-electron chi connectivity index (χ0n) is 48.4. The van der Waals surface area contributed by atoms with Crippen LogP contribution in [0.4, 0.5) is 0 Å². The molecule has 9 aromatic carbocycles. The number of aromatic nitrogens is 8. The number of hydrogen-bond donors (Lipinski definition) is 0. The maximum atomic E-state index is 5.62. The van der Waals surface area contributed by atoms with Crippen molar-refractivity contribution in [1.29, 1.82) is 0 Å². The molecule has 90 heavy (non-hydrogen) atoms. The highest BCUT2D eigenvalue weighted by Gasteiger charge is 2.21. The van der Waals surface area contributed by atoms with Crippen LogP contribution in [-0.2, 0) is 0 Å². The molecule has 0 aliphatic carbocycles. The lowest BCUT2D eigenvalue weighted by Crippen LogP contribution is -1.96. The van der Waals surface area contributed by atoms with E-state index in [0.29, 0.717) is 0 Å². The quantitative estimate of drug-likeness (QED) is 0.0985. The van der Waals surface area contributed by atoms with Crippen molar-refractivity contribution in [3.8, 4) is 112 Å². The lowest BCUT2D eigenvalue weighted by molar-refractivity contribution is 1.22. The Morgan fingerprint density at radius 2 is 0.589 bits per heavy atom. The van der Waals surface area contributed by atoms with Crippen LogP contribution in [-0.4, -0.2) is 39.9 Å². The van der Waals surface area contributed by atoms with Gasteiger partial charge in [-0.25, -0.2) is 24.9 Å². The second-order valence-corrected chi connectivity index (χ2v) is 22.6. The van der Waals surface area contributed by atoms with Gasteiger partial charge in [0.1, 0.15) is 0 Å². The molecule has 0 radical (unpaired) electrons. The van der Waals surface area contributed by atoms with E-state index in [4.69, 9.17) is 29.9 Å². The smallest absolute Gasteiger partial charge is 0.0900 e. The zero-order chi connectivity index (χ0) is 59.5. The molecule has 0 saturated heterocycles. The maximum Gasteiger partial charge on any atom is 0.0900 e. The molecule has 0 N–H and O–H groups in total. The molecule has 8 aromatic heterocycles. The molecule has 418 valence electrons. The summed E-state index contributed by atoms with van der Waals surface area (Å²) in [6.45, 7) is 0. The molecule has 0 fully saturated rings. The zero-order valence-corrected chi connectivity index (χ0v) is 48.4. The Hall–Kier alpha value is -12.3. The predicted molar refractivity (Wildman–Crippen MR) is 368 cm³/mol. The molecule has 0 atom stereocenters. The summed E-state index contributed by atoms with van der Waals surface area (Å²) in [6, 6.07) is 99.7. The van der Waals surface area contributed by atoms with Crippen molar-refractivity contribution >= 4 is 65.2 Å². The van der Waals surface area contributed by atoms with Gasteiger partial charge in [0.15, 0.2) is 0 Å². The predicted octanol–water partition coefficient (Wildman–Crippen LogP) is 20.4. The van der Waals surface area contributed by atoms with E-state index in [9.17, 15) is 0 Å². The highest BCUT2D eigenvalue weighted by Crippen LogP contribution is 2.44. The number of hydrogen-bond acceptors (Lipinski definition) is 8. The van der Waals surface area contributed by atoms with Gasteiger partial charge >= 0.3 is 0 Å². The molecule has 8 heterocycles. The molecule has 0 aliphatic heterocycles. The lowest BCUT2D eigenvalue weighted by atomic mass is 9.91. The third-order valence-corrected chi connectivity index (χ3v) is 17.2. The van der Waals surface area contributed by atoms with Crippen molar-refractivity contribution in [3.63, 3.8) is 0 Å². The summed E-state index contributed by atoms with van der Waals surface area (Å²) < 4.78 is 0. The van der Waals surface area contributed by atoms with E-state index in [0.717, 1.165) is 166 Å². The number of benzene rings is 9. The van der Waals surface area contributed by atoms with E-state index in [1.807, 2.05) is 66.9 Å². The molecule has 8 nitrogen and oxygen atoms in total. The van der Waals surface area contributed by atoms with Gasteiger partial charge in [-0.1, -0.05) is 200 Å². The van der Waals surface area contributed by atoms with E-state index >= 15 is 0 Å². The fraction of sp³-hybridized carbons (Fsp3) is 0. The number of nitrogens with zero attached hydrogens (tertiary/aromatic N) is 8. The molecule has 0 aliphatic rings. The Kier molecular flexibility index (Phi) is 12.7. The van der Waals surface area contributed by atoms with Crippen LogP contribution in [0.1, 0.15) is 0 Å². The van der Waals surface area contributed by atoms with Crippen LogP contribution in [0, 0.1) is 0 Å². The van der Waals surface area contributed by atoms with Gasteiger partial charge in [0.25, 0.3) is 0 Å². The molecule has 17 aromatic rings. The summed E-state index contributed by atoms with van der Waals surface area (Å²) >= 11 is 0. The molecule has 0 saturated carbocycles. The number of rotatable bonds is 10. The summed E-state index contributed by atoms with van der Waals surface area (Å²) in [4.78, 5) is 41.2. The molecule has 0 bridgehead atoms. The minimum atomic E-state index is 0.724. The molecular weight excluding hydrogens is 1100 g/mol. The van der Waals surface area contributed by atoms with Gasteiger partial charge in [0.2, 0.25) is 0 Å². The molecule has 0 amide bonds. The third-order valence-electron chi connectivity index (χ3n) is 17.2. The van der Waals surface area contributed by atoms with Crippen LogP contribution in [0.3, 0.4) is 0 Å². The Bertz CT molecular complexity index is 5570. The van der Waals surface area contributed by atoms with Crippen LogP contribution in [0.15, 0.2) is 304 Å². The minimum Gasteiger partial charge on any atom is -0.255 e. The highest BCUT2D eigenvalue weighted by molar-refractivity contribution is 6.20. The van der Waals surface area contributed by atoms with Crippen molar-refractivity contribution in [2.75, 3.05) is 0 Å². The summed E-state index contributed by atoms with van der Waals surface area (Å²) in [7, 11) is 0. The van der Waals surface area contributed by atoms with E-state index in [-0.39, 0.29) is 0 Å². The standard InChI is InChI=1S/C82H50N8/c1-3-17-51(18-4-1)52-30-32-55(33-31-52)80-65-38-36-57(45-73(65)89-81-60-22-8-7-19-53(60)34-39-66(80)81)59-49-77(71-27-11-14-44-85-71)88-78(50-59)72-29-16-28-68(86-72)62-23-15-24-63-61(62)40-41-67-79(54-20-5-2-6-21-54)64-37-35-56(46-74(64)90-82(63)67)58-47-75(69-25-9-12-42-83-69)87-76(48-58)70-26-10-13-43-84-70/h1-50H.